The molecule has 0 rings (SSSR count). The van der Waals surface area contributed by atoms with Gasteiger partial charge in [-0.15, -0.1) is 0 Å². The molecule has 0 aliphatic carbocycles. The average molecular weight is 969 g/mol. The van der Waals surface area contributed by atoms with Crippen LogP contribution in [-0.2, 0) is 55.1 Å². The predicted molar refractivity (Wildman–Crippen MR) is 32.9 cm³/mol. The molecule has 96 valence electrons. The molecule has 0 spiro atoms. The van der Waals surface area contributed by atoms with Crippen molar-refractivity contribution in [1.29, 1.82) is 0 Å². The predicted octanol–water partition coefficient (Wildman–Crippen LogP) is -9.76. The third-order valence-electron chi connectivity index (χ3n) is 0. The number of hydrogen-bond donors (Lipinski definition) is 0. The first-order valence-electron chi connectivity index (χ1n) is 2.32. The summed E-state index contributed by atoms with van der Waals surface area (Å²) in [5.41, 5.74) is 0. The van der Waals surface area contributed by atoms with Crippen LogP contribution in [0.5, 0.6) is 0 Å². The van der Waals surface area contributed by atoms with Crippen molar-refractivity contribution in [3.8, 4) is 0 Å². The van der Waals surface area contributed by atoms with Crippen molar-refractivity contribution in [3.63, 3.8) is 0 Å². The van der Waals surface area contributed by atoms with Crippen molar-refractivity contribution in [2.75, 3.05) is 0 Å². The SMILES string of the molecule is [O]=[Bi](=[O])[O-].[O]=[Bi](=[O])[O-].[O]=[Ti]([O-])[O-].[O]=[Ti]([O-])[O-].[Sr+2].[Sr+2].[Sr+2]. The van der Waals surface area contributed by atoms with E-state index in [2.05, 4.69) is 0 Å². The van der Waals surface area contributed by atoms with Gasteiger partial charge in [0, 0.05) is 0 Å². The van der Waals surface area contributed by atoms with Gasteiger partial charge in [0.25, 0.3) is 0 Å². The van der Waals surface area contributed by atoms with Crippen molar-refractivity contribution in [2.45, 2.75) is 0 Å². The molecule has 0 amide bonds. The minimum atomic E-state index is -4.34. The van der Waals surface area contributed by atoms with E-state index in [0.29, 0.717) is 0 Å². The smallest absolute Gasteiger partial charge is 2.00 e. The van der Waals surface area contributed by atoms with Crippen LogP contribution in [0.4, 0.5) is 0 Å². The molecular formula is Bi2O12Sr3Ti2. The van der Waals surface area contributed by atoms with Crippen molar-refractivity contribution in [3.05, 3.63) is 0 Å². The average Bonchev–Trinajstić information content (AvgIpc) is 1.76. The Hall–Kier alpha value is 6.20. The molecule has 19 heteroatoms. The van der Waals surface area contributed by atoms with E-state index in [0.717, 1.165) is 0 Å². The summed E-state index contributed by atoms with van der Waals surface area (Å²) in [7, 11) is 0. The van der Waals surface area contributed by atoms with Crippen molar-refractivity contribution < 1.29 is 76.3 Å². The quantitative estimate of drug-likeness (QED) is 0.206. The van der Waals surface area contributed by atoms with Gasteiger partial charge >= 0.3 is 257 Å². The summed E-state index contributed by atoms with van der Waals surface area (Å²) in [5.74, 6) is 0. The normalized spacial score (nSPS) is 5.37. The maximum Gasteiger partial charge on any atom is 2.00 e. The van der Waals surface area contributed by atoms with Crippen LogP contribution in [0, 0.1) is 0 Å². The van der Waals surface area contributed by atoms with E-state index in [1.807, 2.05) is 0 Å². The van der Waals surface area contributed by atoms with E-state index in [1.54, 1.807) is 0 Å². The van der Waals surface area contributed by atoms with Crippen LogP contribution in [-0.4, -0.2) is 181 Å². The molecule has 0 atom stereocenters. The van der Waals surface area contributed by atoms with Crippen LogP contribution in [0.15, 0.2) is 0 Å². The summed E-state index contributed by atoms with van der Waals surface area (Å²) in [6.07, 6.45) is 0. The van der Waals surface area contributed by atoms with Crippen LogP contribution in [0.25, 0.3) is 0 Å². The standard InChI is InChI=1S/2Bi.12O.3Sr.2Ti/q;;;;;;;;6*-1;3*+2;;. The van der Waals surface area contributed by atoms with E-state index < -0.39 is 81.6 Å². The van der Waals surface area contributed by atoms with Gasteiger partial charge in [0.2, 0.25) is 0 Å². The third-order valence-corrected chi connectivity index (χ3v) is 0. The molecule has 0 bridgehead atoms. The second-order valence-electron chi connectivity index (χ2n) is 0.947. The molecule has 19 heavy (non-hydrogen) atoms. The second kappa shape index (κ2) is 39.3. The zero-order valence-electron chi connectivity index (χ0n) is 8.91. The van der Waals surface area contributed by atoms with Gasteiger partial charge in [-0.3, -0.25) is 0 Å². The number of rotatable bonds is 0. The van der Waals surface area contributed by atoms with E-state index in [1.165, 1.54) is 0 Å². The number of hydrogen-bond acceptors (Lipinski definition) is 12. The van der Waals surface area contributed by atoms with E-state index in [4.69, 9.17) is 39.0 Å². The van der Waals surface area contributed by atoms with Crippen molar-refractivity contribution in [1.82, 2.24) is 0 Å². The Balaban J connectivity index is -0.0000000192. The van der Waals surface area contributed by atoms with Gasteiger partial charge in [0.15, 0.2) is 0 Å². The van der Waals surface area contributed by atoms with Gasteiger partial charge in [-0.05, 0) is 0 Å². The zero-order chi connectivity index (χ0) is 14.3. The first-order chi connectivity index (χ1) is 6.93. The van der Waals surface area contributed by atoms with Crippen LogP contribution in [0.3, 0.4) is 0 Å². The van der Waals surface area contributed by atoms with Gasteiger partial charge in [0.05, 0.1) is 0 Å². The Morgan fingerprint density at radius 3 is 0.579 bits per heavy atom. The Labute approximate surface area is 249 Å². The van der Waals surface area contributed by atoms with E-state index in [-0.39, 0.29) is 136 Å². The van der Waals surface area contributed by atoms with E-state index in [9.17, 15) is 0 Å². The molecule has 0 radical (unpaired) electrons. The molecule has 0 unspecified atom stereocenters. The fourth-order valence-corrected chi connectivity index (χ4v) is 0. The summed E-state index contributed by atoms with van der Waals surface area (Å²) >= 11 is -16.9. The molecular weight excluding hydrogens is 969 g/mol. The fraction of sp³-hybridized carbons (Fsp3) is 0. The van der Waals surface area contributed by atoms with Gasteiger partial charge in [-0.2, -0.15) is 0 Å². The van der Waals surface area contributed by atoms with Crippen molar-refractivity contribution >= 4 is 181 Å². The molecule has 0 aromatic rings. The van der Waals surface area contributed by atoms with Crippen LogP contribution in [0.2, 0.25) is 0 Å². The summed E-state index contributed by atoms with van der Waals surface area (Å²) in [6, 6.07) is 0. The van der Waals surface area contributed by atoms with E-state index >= 15 is 0 Å². The van der Waals surface area contributed by atoms with Crippen LogP contribution >= 0.6 is 0 Å². The summed E-state index contributed by atoms with van der Waals surface area (Å²) in [4.78, 5) is 0. The molecule has 0 N–H and O–H groups in total. The van der Waals surface area contributed by atoms with Gasteiger partial charge < -0.3 is 0 Å². The molecule has 0 aromatic carbocycles. The first kappa shape index (κ1) is 44.6. The first-order valence-corrected chi connectivity index (χ1v) is 14.7. The molecule has 0 aromatic heterocycles. The summed E-state index contributed by atoms with van der Waals surface area (Å²) < 4.78 is 103. The van der Waals surface area contributed by atoms with Crippen LogP contribution < -0.4 is 21.1 Å². The molecule has 0 saturated heterocycles. The maximum atomic E-state index is 8.62. The Kier molecular flexibility index (Phi) is 92.2. The molecule has 0 aliphatic rings. The van der Waals surface area contributed by atoms with Crippen LogP contribution in [0.1, 0.15) is 0 Å². The van der Waals surface area contributed by atoms with Crippen molar-refractivity contribution in [2.24, 2.45) is 0 Å². The fourth-order valence-electron chi connectivity index (χ4n) is 0. The molecule has 0 saturated carbocycles. The molecule has 0 aliphatic heterocycles. The topological polar surface area (TPSA) is 241 Å². The maximum absolute atomic E-state index is 8.62. The van der Waals surface area contributed by atoms with Gasteiger partial charge in [0.1, 0.15) is 0 Å². The van der Waals surface area contributed by atoms with Gasteiger partial charge in [-0.25, -0.2) is 0 Å². The zero-order valence-corrected chi connectivity index (χ0v) is 29.4. The minimum absolute atomic E-state index is 0. The molecule has 0 fully saturated rings. The Morgan fingerprint density at radius 1 is 0.579 bits per heavy atom. The summed E-state index contributed by atoms with van der Waals surface area (Å²) in [6.45, 7) is 0. The monoisotopic (exact) mass is 970 g/mol. The third kappa shape index (κ3) is 310. The largest absolute Gasteiger partial charge is 2.00 e. The Bertz CT molecular complexity index is 265. The second-order valence-corrected chi connectivity index (χ2v) is 5.99. The Morgan fingerprint density at radius 2 is 0.579 bits per heavy atom. The van der Waals surface area contributed by atoms with Gasteiger partial charge in [-0.1, -0.05) is 0 Å². The molecule has 0 heterocycles. The summed E-state index contributed by atoms with van der Waals surface area (Å²) in [5, 5.41) is 0. The molecule has 12 nitrogen and oxygen atoms in total. The minimum Gasteiger partial charge on any atom is 2.00 e.